The molecule has 1 amide bonds. The minimum Gasteiger partial charge on any atom is -0.354 e. The van der Waals surface area contributed by atoms with Gasteiger partial charge < -0.3 is 10.6 Å². The summed E-state index contributed by atoms with van der Waals surface area (Å²) in [6.07, 6.45) is 2.70. The summed E-state index contributed by atoms with van der Waals surface area (Å²) in [5, 5.41) is 6.17. The van der Waals surface area contributed by atoms with Crippen LogP contribution in [0, 0.1) is 5.82 Å². The smallest absolute Gasteiger partial charge is 0.230 e. The molecule has 0 aromatic heterocycles. The van der Waals surface area contributed by atoms with E-state index >= 15 is 0 Å². The van der Waals surface area contributed by atoms with Gasteiger partial charge in [-0.1, -0.05) is 19.1 Å². The van der Waals surface area contributed by atoms with E-state index in [0.29, 0.717) is 6.54 Å². The van der Waals surface area contributed by atoms with E-state index in [9.17, 15) is 9.18 Å². The van der Waals surface area contributed by atoms with E-state index in [0.717, 1.165) is 37.9 Å². The van der Waals surface area contributed by atoms with Crippen molar-refractivity contribution >= 4 is 18.3 Å². The maximum atomic E-state index is 13.2. The lowest BCUT2D eigenvalue weighted by atomic mass is 9.95. The van der Waals surface area contributed by atoms with Crippen LogP contribution in [0.5, 0.6) is 0 Å². The predicted octanol–water partition coefficient (Wildman–Crippen LogP) is 2.39. The molecule has 0 radical (unpaired) electrons. The van der Waals surface area contributed by atoms with Crippen LogP contribution in [-0.4, -0.2) is 25.5 Å². The summed E-state index contributed by atoms with van der Waals surface area (Å²) >= 11 is 0. The number of rotatable bonds is 7. The van der Waals surface area contributed by atoms with Crippen LogP contribution in [0.2, 0.25) is 0 Å². The molecule has 0 spiro atoms. The van der Waals surface area contributed by atoms with Crippen molar-refractivity contribution in [1.29, 1.82) is 0 Å². The van der Waals surface area contributed by atoms with Crippen LogP contribution in [0.4, 0.5) is 4.39 Å². The van der Waals surface area contributed by atoms with Crippen molar-refractivity contribution in [2.45, 2.75) is 31.6 Å². The largest absolute Gasteiger partial charge is 0.354 e. The van der Waals surface area contributed by atoms with Gasteiger partial charge in [-0.25, -0.2) is 4.39 Å². The van der Waals surface area contributed by atoms with Crippen LogP contribution in [0.25, 0.3) is 0 Å². The van der Waals surface area contributed by atoms with Gasteiger partial charge in [-0.15, -0.1) is 12.4 Å². The second-order valence-corrected chi connectivity index (χ2v) is 5.10. The number of carbonyl (C=O) groups excluding carboxylic acids is 1. The van der Waals surface area contributed by atoms with E-state index in [2.05, 4.69) is 17.6 Å². The first-order valence-corrected chi connectivity index (χ1v) is 6.94. The molecule has 5 heteroatoms. The maximum absolute atomic E-state index is 13.2. The topological polar surface area (TPSA) is 41.1 Å². The average molecular weight is 301 g/mol. The van der Waals surface area contributed by atoms with Crippen molar-refractivity contribution in [3.63, 3.8) is 0 Å². The SMILES string of the molecule is CCCNCCNC(=O)C1(c2cccc(F)c2)CC1.Cl. The fourth-order valence-electron chi connectivity index (χ4n) is 2.29. The zero-order valence-electron chi connectivity index (χ0n) is 11.7. The van der Waals surface area contributed by atoms with Gasteiger partial charge in [-0.05, 0) is 43.5 Å². The van der Waals surface area contributed by atoms with Gasteiger partial charge in [0.25, 0.3) is 0 Å². The number of hydrogen-bond acceptors (Lipinski definition) is 2. The van der Waals surface area contributed by atoms with Crippen molar-refractivity contribution < 1.29 is 9.18 Å². The van der Waals surface area contributed by atoms with Gasteiger partial charge in [-0.2, -0.15) is 0 Å². The van der Waals surface area contributed by atoms with Crippen molar-refractivity contribution in [3.8, 4) is 0 Å². The third-order valence-electron chi connectivity index (χ3n) is 3.58. The van der Waals surface area contributed by atoms with Crippen molar-refractivity contribution in [2.24, 2.45) is 0 Å². The summed E-state index contributed by atoms with van der Waals surface area (Å²) in [7, 11) is 0. The van der Waals surface area contributed by atoms with Gasteiger partial charge in [0, 0.05) is 13.1 Å². The third kappa shape index (κ3) is 3.93. The molecule has 20 heavy (non-hydrogen) atoms. The number of nitrogens with one attached hydrogen (secondary N) is 2. The summed E-state index contributed by atoms with van der Waals surface area (Å²) < 4.78 is 13.2. The minimum absolute atomic E-state index is 0. The molecule has 1 saturated carbocycles. The van der Waals surface area contributed by atoms with Crippen molar-refractivity contribution in [1.82, 2.24) is 10.6 Å². The molecule has 1 aromatic rings. The van der Waals surface area contributed by atoms with E-state index in [1.807, 2.05) is 6.07 Å². The maximum Gasteiger partial charge on any atom is 0.230 e. The van der Waals surface area contributed by atoms with Gasteiger partial charge in [0.2, 0.25) is 5.91 Å². The molecule has 2 rings (SSSR count). The lowest BCUT2D eigenvalue weighted by Gasteiger charge is -2.16. The van der Waals surface area contributed by atoms with Gasteiger partial charge in [-0.3, -0.25) is 4.79 Å². The fourth-order valence-corrected chi connectivity index (χ4v) is 2.29. The first kappa shape index (κ1) is 16.9. The van der Waals surface area contributed by atoms with Gasteiger partial charge in [0.1, 0.15) is 5.82 Å². The number of carbonyl (C=O) groups is 1. The Balaban J connectivity index is 0.00000200. The summed E-state index contributed by atoms with van der Waals surface area (Å²) in [5.41, 5.74) is 0.318. The Labute approximate surface area is 125 Å². The lowest BCUT2D eigenvalue weighted by molar-refractivity contribution is -0.123. The van der Waals surface area contributed by atoms with Crippen LogP contribution >= 0.6 is 12.4 Å². The van der Waals surface area contributed by atoms with Gasteiger partial charge in [0.05, 0.1) is 5.41 Å². The number of halogens is 2. The van der Waals surface area contributed by atoms with Crippen LogP contribution in [0.3, 0.4) is 0 Å². The zero-order chi connectivity index (χ0) is 13.7. The molecular weight excluding hydrogens is 279 g/mol. The molecule has 0 aliphatic heterocycles. The second-order valence-electron chi connectivity index (χ2n) is 5.10. The molecule has 1 aliphatic rings. The Kier molecular flexibility index (Phi) is 6.43. The molecule has 0 saturated heterocycles. The van der Waals surface area contributed by atoms with Crippen LogP contribution in [0.15, 0.2) is 24.3 Å². The van der Waals surface area contributed by atoms with E-state index in [4.69, 9.17) is 0 Å². The molecule has 112 valence electrons. The predicted molar refractivity (Wildman–Crippen MR) is 80.7 cm³/mol. The second kappa shape index (κ2) is 7.60. The summed E-state index contributed by atoms with van der Waals surface area (Å²) in [6.45, 7) is 4.47. The minimum atomic E-state index is -0.479. The summed E-state index contributed by atoms with van der Waals surface area (Å²) in [4.78, 5) is 12.2. The standard InChI is InChI=1S/C15H21FN2O.ClH/c1-2-8-17-9-10-18-14(19)15(6-7-15)12-4-3-5-13(16)11-12;/h3-5,11,17H,2,6-10H2,1H3,(H,18,19);1H. The monoisotopic (exact) mass is 300 g/mol. The molecule has 0 unspecified atom stereocenters. The zero-order valence-corrected chi connectivity index (χ0v) is 12.6. The Morgan fingerprint density at radius 1 is 1.30 bits per heavy atom. The van der Waals surface area contributed by atoms with Crippen LogP contribution in [0.1, 0.15) is 31.7 Å². The third-order valence-corrected chi connectivity index (χ3v) is 3.58. The quantitative estimate of drug-likeness (QED) is 0.759. The summed E-state index contributed by atoms with van der Waals surface area (Å²) in [5.74, 6) is -0.252. The van der Waals surface area contributed by atoms with Crippen LogP contribution < -0.4 is 10.6 Å². The molecule has 3 nitrogen and oxygen atoms in total. The van der Waals surface area contributed by atoms with Gasteiger partial charge in [0.15, 0.2) is 0 Å². The Morgan fingerprint density at radius 2 is 2.05 bits per heavy atom. The summed E-state index contributed by atoms with van der Waals surface area (Å²) in [6, 6.07) is 6.39. The number of hydrogen-bond donors (Lipinski definition) is 2. The average Bonchev–Trinajstić information content (AvgIpc) is 3.20. The van der Waals surface area contributed by atoms with Crippen LogP contribution in [-0.2, 0) is 10.2 Å². The first-order chi connectivity index (χ1) is 9.19. The molecule has 1 fully saturated rings. The first-order valence-electron chi connectivity index (χ1n) is 6.94. The molecule has 0 bridgehead atoms. The molecular formula is C15H22ClFN2O. The van der Waals surface area contributed by atoms with Crippen molar-refractivity contribution in [2.75, 3.05) is 19.6 Å². The molecule has 1 aliphatic carbocycles. The number of amides is 1. The highest BCUT2D eigenvalue weighted by molar-refractivity contribution is 5.91. The Morgan fingerprint density at radius 3 is 2.65 bits per heavy atom. The lowest BCUT2D eigenvalue weighted by Crippen LogP contribution is -2.38. The highest BCUT2D eigenvalue weighted by Crippen LogP contribution is 2.48. The van der Waals surface area contributed by atoms with Gasteiger partial charge >= 0.3 is 0 Å². The molecule has 0 heterocycles. The van der Waals surface area contributed by atoms with E-state index in [1.165, 1.54) is 12.1 Å². The van der Waals surface area contributed by atoms with E-state index < -0.39 is 5.41 Å². The van der Waals surface area contributed by atoms with E-state index in [-0.39, 0.29) is 24.1 Å². The fraction of sp³-hybridized carbons (Fsp3) is 0.533. The number of benzene rings is 1. The van der Waals surface area contributed by atoms with Crippen molar-refractivity contribution in [3.05, 3.63) is 35.6 Å². The Hall–Kier alpha value is -1.13. The molecule has 1 aromatic carbocycles. The van der Waals surface area contributed by atoms with E-state index in [1.54, 1.807) is 6.07 Å². The highest BCUT2D eigenvalue weighted by atomic mass is 35.5. The molecule has 0 atom stereocenters. The Bertz CT molecular complexity index is 449. The highest BCUT2D eigenvalue weighted by Gasteiger charge is 2.51. The normalized spacial score (nSPS) is 15.3. The molecule has 2 N–H and O–H groups in total.